The molecule has 0 bridgehead atoms. The maximum Gasteiger partial charge on any atom is 0.253 e. The summed E-state index contributed by atoms with van der Waals surface area (Å²) in [7, 11) is 1.74. The van der Waals surface area contributed by atoms with Gasteiger partial charge >= 0.3 is 0 Å². The van der Waals surface area contributed by atoms with E-state index in [4.69, 9.17) is 5.73 Å². The van der Waals surface area contributed by atoms with Crippen molar-refractivity contribution in [2.75, 3.05) is 20.1 Å². The molecule has 1 rings (SSSR count). The van der Waals surface area contributed by atoms with Crippen LogP contribution in [0.4, 0.5) is 0 Å². The number of carbonyl (C=O) groups is 2. The second kappa shape index (κ2) is 7.94. The number of nitrogens with one attached hydrogen (secondary N) is 1. The van der Waals surface area contributed by atoms with Crippen LogP contribution in [0.15, 0.2) is 24.3 Å². The van der Waals surface area contributed by atoms with E-state index in [1.165, 1.54) is 0 Å². The average molecular weight is 305 g/mol. The van der Waals surface area contributed by atoms with Gasteiger partial charge in [-0.1, -0.05) is 19.9 Å². The lowest BCUT2D eigenvalue weighted by molar-refractivity contribution is 0.0802. The molecule has 0 fully saturated rings. The van der Waals surface area contributed by atoms with Crippen molar-refractivity contribution in [2.45, 2.75) is 39.2 Å². The van der Waals surface area contributed by atoms with E-state index in [9.17, 15) is 9.59 Å². The van der Waals surface area contributed by atoms with Crippen molar-refractivity contribution in [1.82, 2.24) is 10.2 Å². The molecule has 0 unspecified atom stereocenters. The van der Waals surface area contributed by atoms with Crippen LogP contribution in [-0.4, -0.2) is 42.4 Å². The molecule has 0 saturated carbocycles. The van der Waals surface area contributed by atoms with Crippen molar-refractivity contribution in [2.24, 2.45) is 5.73 Å². The molecule has 0 aliphatic carbocycles. The van der Waals surface area contributed by atoms with Crippen molar-refractivity contribution in [3.63, 3.8) is 0 Å². The third-order valence-corrected chi connectivity index (χ3v) is 4.32. The van der Waals surface area contributed by atoms with Gasteiger partial charge in [-0.05, 0) is 38.0 Å². The van der Waals surface area contributed by atoms with Gasteiger partial charge in [-0.2, -0.15) is 0 Å². The second-order valence-corrected chi connectivity index (χ2v) is 5.55. The molecule has 22 heavy (non-hydrogen) atoms. The van der Waals surface area contributed by atoms with Crippen LogP contribution in [0, 0.1) is 0 Å². The summed E-state index contributed by atoms with van der Waals surface area (Å²) in [6.45, 7) is 6.94. The Balaban J connectivity index is 2.98. The fourth-order valence-corrected chi connectivity index (χ4v) is 2.24. The lowest BCUT2D eigenvalue weighted by Crippen LogP contribution is -2.52. The maximum absolute atomic E-state index is 12.5. The van der Waals surface area contributed by atoms with Crippen LogP contribution in [0.25, 0.3) is 0 Å². The minimum Gasteiger partial charge on any atom is -0.345 e. The quantitative estimate of drug-likeness (QED) is 0.809. The highest BCUT2D eigenvalue weighted by atomic mass is 16.2. The Kier molecular flexibility index (Phi) is 6.56. The van der Waals surface area contributed by atoms with Crippen molar-refractivity contribution in [3.05, 3.63) is 35.4 Å². The second-order valence-electron chi connectivity index (χ2n) is 5.55. The van der Waals surface area contributed by atoms with Gasteiger partial charge in [0.25, 0.3) is 11.8 Å². The van der Waals surface area contributed by atoms with Crippen LogP contribution in [0.5, 0.6) is 0 Å². The van der Waals surface area contributed by atoms with E-state index >= 15 is 0 Å². The summed E-state index contributed by atoms with van der Waals surface area (Å²) in [6.07, 6.45) is 1.53. The summed E-state index contributed by atoms with van der Waals surface area (Å²) in [4.78, 5) is 26.2. The van der Waals surface area contributed by atoms with Crippen molar-refractivity contribution >= 4 is 11.8 Å². The Morgan fingerprint density at radius 2 is 1.77 bits per heavy atom. The Labute approximate surface area is 132 Å². The van der Waals surface area contributed by atoms with E-state index in [2.05, 4.69) is 5.32 Å². The molecule has 0 aliphatic rings. The van der Waals surface area contributed by atoms with Gasteiger partial charge in [0, 0.05) is 31.3 Å². The van der Waals surface area contributed by atoms with Gasteiger partial charge in [-0.3, -0.25) is 9.59 Å². The molecule has 0 radical (unpaired) electrons. The zero-order valence-corrected chi connectivity index (χ0v) is 14.0. The molecule has 5 heteroatoms. The molecule has 5 nitrogen and oxygen atoms in total. The molecular weight excluding hydrogens is 278 g/mol. The van der Waals surface area contributed by atoms with Crippen LogP contribution in [0.3, 0.4) is 0 Å². The minimum absolute atomic E-state index is 0.0896. The van der Waals surface area contributed by atoms with E-state index in [1.807, 2.05) is 20.8 Å². The van der Waals surface area contributed by atoms with E-state index < -0.39 is 5.54 Å². The largest absolute Gasteiger partial charge is 0.345 e. The van der Waals surface area contributed by atoms with Gasteiger partial charge in [-0.15, -0.1) is 0 Å². The average Bonchev–Trinajstić information content (AvgIpc) is 2.58. The summed E-state index contributed by atoms with van der Waals surface area (Å²) in [5.41, 5.74) is 6.42. The topological polar surface area (TPSA) is 75.4 Å². The fourth-order valence-electron chi connectivity index (χ4n) is 2.24. The molecule has 0 spiro atoms. The number of hydrogen-bond acceptors (Lipinski definition) is 3. The monoisotopic (exact) mass is 305 g/mol. The predicted molar refractivity (Wildman–Crippen MR) is 88.9 cm³/mol. The lowest BCUT2D eigenvalue weighted by Gasteiger charge is -2.31. The van der Waals surface area contributed by atoms with Gasteiger partial charge in [0.1, 0.15) is 0 Å². The SMILES string of the molecule is CCN(C)C(=O)c1cccc(C(=O)NC(CC)(CC)CN)c1. The van der Waals surface area contributed by atoms with Gasteiger partial charge in [0.05, 0.1) is 5.54 Å². The smallest absolute Gasteiger partial charge is 0.253 e. The van der Waals surface area contributed by atoms with E-state index in [0.29, 0.717) is 24.2 Å². The fraction of sp³-hybridized carbons (Fsp3) is 0.529. The van der Waals surface area contributed by atoms with Gasteiger partial charge < -0.3 is 16.0 Å². The molecular formula is C17H27N3O2. The van der Waals surface area contributed by atoms with Gasteiger partial charge in [0.2, 0.25) is 0 Å². The molecule has 3 N–H and O–H groups in total. The first-order valence-corrected chi connectivity index (χ1v) is 7.81. The Morgan fingerprint density at radius 1 is 1.18 bits per heavy atom. The first-order chi connectivity index (χ1) is 10.4. The highest BCUT2D eigenvalue weighted by Gasteiger charge is 2.27. The number of amides is 2. The molecule has 0 saturated heterocycles. The summed E-state index contributed by atoms with van der Waals surface area (Å²) in [6, 6.07) is 6.80. The normalized spacial score (nSPS) is 11.1. The number of nitrogens with two attached hydrogens (primary N) is 1. The summed E-state index contributed by atoms with van der Waals surface area (Å²) in [5, 5.41) is 3.02. The van der Waals surface area contributed by atoms with Crippen LogP contribution < -0.4 is 11.1 Å². The molecule has 1 aromatic carbocycles. The summed E-state index contributed by atoms with van der Waals surface area (Å²) >= 11 is 0. The van der Waals surface area contributed by atoms with Crippen LogP contribution >= 0.6 is 0 Å². The highest BCUT2D eigenvalue weighted by molar-refractivity contribution is 5.99. The van der Waals surface area contributed by atoms with Crippen LogP contribution in [0.1, 0.15) is 54.3 Å². The van der Waals surface area contributed by atoms with Gasteiger partial charge in [0.15, 0.2) is 0 Å². The van der Waals surface area contributed by atoms with Crippen molar-refractivity contribution < 1.29 is 9.59 Å². The third-order valence-electron chi connectivity index (χ3n) is 4.32. The predicted octanol–water partition coefficient (Wildman–Crippen LogP) is 2.03. The number of benzene rings is 1. The Morgan fingerprint density at radius 3 is 2.27 bits per heavy atom. The van der Waals surface area contributed by atoms with Crippen molar-refractivity contribution in [3.8, 4) is 0 Å². The van der Waals surface area contributed by atoms with Crippen molar-refractivity contribution in [1.29, 1.82) is 0 Å². The highest BCUT2D eigenvalue weighted by Crippen LogP contribution is 2.15. The summed E-state index contributed by atoms with van der Waals surface area (Å²) in [5.74, 6) is -0.281. The molecule has 1 aromatic rings. The molecule has 0 atom stereocenters. The van der Waals surface area contributed by atoms with Gasteiger partial charge in [-0.25, -0.2) is 0 Å². The molecule has 122 valence electrons. The Bertz CT molecular complexity index is 516. The van der Waals surface area contributed by atoms with Crippen LogP contribution in [0.2, 0.25) is 0 Å². The van der Waals surface area contributed by atoms with E-state index in [1.54, 1.807) is 36.2 Å². The zero-order valence-electron chi connectivity index (χ0n) is 14.0. The molecule has 0 aromatic heterocycles. The number of hydrogen-bond donors (Lipinski definition) is 2. The number of carbonyl (C=O) groups excluding carboxylic acids is 2. The Hall–Kier alpha value is -1.88. The number of nitrogens with zero attached hydrogens (tertiary/aromatic N) is 1. The standard InChI is InChI=1S/C17H27N3O2/c1-5-17(6-2,12-18)19-15(21)13-9-8-10-14(11-13)16(22)20(4)7-3/h8-11H,5-7,12,18H2,1-4H3,(H,19,21). The third kappa shape index (κ3) is 4.07. The zero-order chi connectivity index (χ0) is 16.8. The lowest BCUT2D eigenvalue weighted by atomic mass is 9.92. The molecule has 0 aliphatic heterocycles. The maximum atomic E-state index is 12.5. The summed E-state index contributed by atoms with van der Waals surface area (Å²) < 4.78 is 0. The first-order valence-electron chi connectivity index (χ1n) is 7.81. The number of rotatable bonds is 7. The van der Waals surface area contributed by atoms with Crippen LogP contribution in [-0.2, 0) is 0 Å². The van der Waals surface area contributed by atoms with E-state index in [0.717, 1.165) is 12.8 Å². The van der Waals surface area contributed by atoms with E-state index in [-0.39, 0.29) is 11.8 Å². The minimum atomic E-state index is -0.392. The first kappa shape index (κ1) is 18.2. The molecule has 2 amide bonds. The molecule has 0 heterocycles.